The summed E-state index contributed by atoms with van der Waals surface area (Å²) >= 11 is 12.8. The average molecular weight is 479 g/mol. The van der Waals surface area contributed by atoms with Crippen LogP contribution in [-0.4, -0.2) is 27.4 Å². The van der Waals surface area contributed by atoms with Crippen molar-refractivity contribution in [3.8, 4) is 11.3 Å². The quantitative estimate of drug-likeness (QED) is 0.271. The fourth-order valence-corrected chi connectivity index (χ4v) is 5.62. The van der Waals surface area contributed by atoms with Crippen LogP contribution in [0.5, 0.6) is 0 Å². The molecular weight excluding hydrogens is 451 g/mol. The van der Waals surface area contributed by atoms with Crippen molar-refractivity contribution in [1.29, 1.82) is 0 Å². The average Bonchev–Trinajstić information content (AvgIpc) is 3.21. The fourth-order valence-electron chi connectivity index (χ4n) is 5.12. The smallest absolute Gasteiger partial charge is 0.120 e. The van der Waals surface area contributed by atoms with Crippen molar-refractivity contribution in [2.24, 2.45) is 0 Å². The van der Waals surface area contributed by atoms with Gasteiger partial charge in [-0.1, -0.05) is 80.2 Å². The van der Waals surface area contributed by atoms with Crippen LogP contribution < -0.4 is 4.90 Å². The van der Waals surface area contributed by atoms with E-state index in [1.165, 1.54) is 24.1 Å². The number of anilines is 1. The summed E-state index contributed by atoms with van der Waals surface area (Å²) in [7, 11) is 0. The zero-order chi connectivity index (χ0) is 22.9. The predicted molar refractivity (Wildman–Crippen MR) is 139 cm³/mol. The Labute approximate surface area is 205 Å². The fraction of sp³-hybridized carbons (Fsp3) is 0.333. The molecule has 2 aromatic heterocycles. The second-order valence-electron chi connectivity index (χ2n) is 8.75. The third-order valence-corrected chi connectivity index (χ3v) is 7.14. The number of nitrogens with zero attached hydrogens (tertiary/aromatic N) is 4. The van der Waals surface area contributed by atoms with Gasteiger partial charge in [-0.15, -0.1) is 0 Å². The maximum absolute atomic E-state index is 6.62. The van der Waals surface area contributed by atoms with Crippen LogP contribution in [0, 0.1) is 0 Å². The number of pyridine rings is 1. The van der Waals surface area contributed by atoms with Crippen molar-refractivity contribution in [2.75, 3.05) is 11.4 Å². The van der Waals surface area contributed by atoms with E-state index in [4.69, 9.17) is 33.3 Å². The lowest BCUT2D eigenvalue weighted by molar-refractivity contribution is 0.441. The minimum absolute atomic E-state index is 0.0986. The van der Waals surface area contributed by atoms with Gasteiger partial charge in [0.2, 0.25) is 0 Å². The van der Waals surface area contributed by atoms with Gasteiger partial charge in [0.05, 0.1) is 16.8 Å². The minimum Gasteiger partial charge on any atom is -0.364 e. The Morgan fingerprint density at radius 3 is 2.45 bits per heavy atom. The van der Waals surface area contributed by atoms with Gasteiger partial charge in [-0.25, -0.2) is 0 Å². The Bertz CT molecular complexity index is 1260. The lowest BCUT2D eigenvalue weighted by atomic mass is 9.98. The van der Waals surface area contributed by atoms with E-state index in [0.29, 0.717) is 16.1 Å². The molecule has 6 heteroatoms. The zero-order valence-electron chi connectivity index (χ0n) is 19.0. The second-order valence-corrected chi connectivity index (χ2v) is 9.60. The Hall–Kier alpha value is -2.56. The van der Waals surface area contributed by atoms with Crippen molar-refractivity contribution in [2.45, 2.75) is 51.6 Å². The summed E-state index contributed by atoms with van der Waals surface area (Å²) in [5, 5.41) is 6.32. The van der Waals surface area contributed by atoms with Crippen LogP contribution in [0.3, 0.4) is 0 Å². The van der Waals surface area contributed by atoms with Crippen molar-refractivity contribution >= 4 is 39.9 Å². The molecule has 4 nitrogen and oxygen atoms in total. The SMILES string of the molecule is CCCC(CCC)N1CC(c2ccccc2)n2nc(-c3ccc(Cl)cc3Cl)c3nccc1c32. The third-order valence-electron chi connectivity index (χ3n) is 6.59. The van der Waals surface area contributed by atoms with Crippen LogP contribution >= 0.6 is 23.2 Å². The maximum atomic E-state index is 6.62. The highest BCUT2D eigenvalue weighted by Crippen LogP contribution is 2.43. The molecule has 0 amide bonds. The number of rotatable bonds is 7. The van der Waals surface area contributed by atoms with Crippen LogP contribution in [0.4, 0.5) is 5.69 Å². The molecule has 1 aliphatic heterocycles. The van der Waals surface area contributed by atoms with Crippen molar-refractivity contribution in [1.82, 2.24) is 14.8 Å². The highest BCUT2D eigenvalue weighted by Gasteiger charge is 2.34. The van der Waals surface area contributed by atoms with Crippen molar-refractivity contribution in [3.05, 3.63) is 76.4 Å². The van der Waals surface area contributed by atoms with Crippen LogP contribution in [-0.2, 0) is 0 Å². The van der Waals surface area contributed by atoms with E-state index in [-0.39, 0.29) is 6.04 Å². The molecule has 5 rings (SSSR count). The van der Waals surface area contributed by atoms with Gasteiger partial charge in [0.25, 0.3) is 0 Å². The highest BCUT2D eigenvalue weighted by atomic mass is 35.5. The standard InChI is InChI=1S/C27H28Cl2N4/c1-3-8-20(9-4-2)32-17-24(18-10-6-5-7-11-18)33-27-23(32)14-15-30-26(27)25(31-33)21-13-12-19(28)16-22(21)29/h5-7,10-16,20,24H,3-4,8-9,17H2,1-2H3. The molecule has 0 aliphatic carbocycles. The predicted octanol–water partition coefficient (Wildman–Crippen LogP) is 7.78. The van der Waals surface area contributed by atoms with Gasteiger partial charge < -0.3 is 4.90 Å². The van der Waals surface area contributed by atoms with Crippen LogP contribution in [0.15, 0.2) is 60.8 Å². The van der Waals surface area contributed by atoms with E-state index in [1.807, 2.05) is 18.3 Å². The van der Waals surface area contributed by atoms with Crippen LogP contribution in [0.25, 0.3) is 22.3 Å². The van der Waals surface area contributed by atoms with E-state index >= 15 is 0 Å². The van der Waals surface area contributed by atoms with E-state index in [2.05, 4.69) is 59.8 Å². The van der Waals surface area contributed by atoms with Gasteiger partial charge in [0.1, 0.15) is 16.7 Å². The number of halogens is 2. The first-order valence-electron chi connectivity index (χ1n) is 11.8. The number of aromatic nitrogens is 3. The summed E-state index contributed by atoms with van der Waals surface area (Å²) in [5.74, 6) is 0. The second kappa shape index (κ2) is 9.36. The number of hydrogen-bond acceptors (Lipinski definition) is 3. The lowest BCUT2D eigenvalue weighted by Gasteiger charge is -2.40. The summed E-state index contributed by atoms with van der Waals surface area (Å²) in [4.78, 5) is 7.40. The number of benzene rings is 2. The van der Waals surface area contributed by atoms with Crippen molar-refractivity contribution in [3.63, 3.8) is 0 Å². The molecule has 0 saturated heterocycles. The van der Waals surface area contributed by atoms with Crippen LogP contribution in [0.2, 0.25) is 10.0 Å². The van der Waals surface area contributed by atoms with Gasteiger partial charge in [-0.05, 0) is 42.7 Å². The maximum Gasteiger partial charge on any atom is 0.120 e. The van der Waals surface area contributed by atoms with Crippen LogP contribution in [0.1, 0.15) is 51.1 Å². The molecule has 0 saturated carbocycles. The Balaban J connectivity index is 1.75. The minimum atomic E-state index is 0.0986. The molecule has 33 heavy (non-hydrogen) atoms. The van der Waals surface area contributed by atoms with E-state index in [9.17, 15) is 0 Å². The van der Waals surface area contributed by atoms with Gasteiger partial charge in [-0.2, -0.15) is 5.10 Å². The van der Waals surface area contributed by atoms with Gasteiger partial charge >= 0.3 is 0 Å². The summed E-state index contributed by atoms with van der Waals surface area (Å²) in [6, 6.07) is 19.0. The van der Waals surface area contributed by atoms with E-state index in [0.717, 1.165) is 41.7 Å². The normalized spacial score (nSPS) is 15.5. The summed E-state index contributed by atoms with van der Waals surface area (Å²) in [6.45, 7) is 5.43. The Morgan fingerprint density at radius 2 is 1.76 bits per heavy atom. The molecule has 0 spiro atoms. The summed E-state index contributed by atoms with van der Waals surface area (Å²) in [6.07, 6.45) is 6.57. The third kappa shape index (κ3) is 4.00. The first-order chi connectivity index (χ1) is 16.1. The molecule has 2 aromatic carbocycles. The Morgan fingerprint density at radius 1 is 1.00 bits per heavy atom. The van der Waals surface area contributed by atoms with E-state index < -0.39 is 0 Å². The van der Waals surface area contributed by atoms with Gasteiger partial charge in [0, 0.05) is 29.4 Å². The largest absolute Gasteiger partial charge is 0.364 e. The topological polar surface area (TPSA) is 34.0 Å². The molecule has 0 radical (unpaired) electrons. The molecule has 1 atom stereocenters. The Kier molecular flexibility index (Phi) is 6.31. The molecule has 4 aromatic rings. The molecular formula is C27H28Cl2N4. The highest BCUT2D eigenvalue weighted by molar-refractivity contribution is 6.36. The van der Waals surface area contributed by atoms with Gasteiger partial charge in [-0.3, -0.25) is 9.67 Å². The molecule has 3 heterocycles. The summed E-state index contributed by atoms with van der Waals surface area (Å²) < 4.78 is 2.17. The monoisotopic (exact) mass is 478 g/mol. The molecule has 0 fully saturated rings. The molecule has 1 unspecified atom stereocenters. The summed E-state index contributed by atoms with van der Waals surface area (Å²) in [5.41, 5.74) is 6.09. The molecule has 1 aliphatic rings. The first kappa shape index (κ1) is 22.2. The number of hydrogen-bond donors (Lipinski definition) is 0. The molecule has 0 N–H and O–H groups in total. The molecule has 0 bridgehead atoms. The van der Waals surface area contributed by atoms with Crippen molar-refractivity contribution < 1.29 is 0 Å². The van der Waals surface area contributed by atoms with E-state index in [1.54, 1.807) is 6.07 Å². The lowest BCUT2D eigenvalue weighted by Crippen LogP contribution is -2.43. The van der Waals surface area contributed by atoms with Gasteiger partial charge in [0.15, 0.2) is 0 Å². The zero-order valence-corrected chi connectivity index (χ0v) is 20.5. The first-order valence-corrected chi connectivity index (χ1v) is 12.5. The molecule has 170 valence electrons.